The molecule has 0 aliphatic heterocycles. The van der Waals surface area contributed by atoms with E-state index in [2.05, 4.69) is 10.4 Å². The van der Waals surface area contributed by atoms with Crippen molar-refractivity contribution in [2.75, 3.05) is 26.1 Å². The Morgan fingerprint density at radius 1 is 1.41 bits per heavy atom. The van der Waals surface area contributed by atoms with Gasteiger partial charge in [0.25, 0.3) is 0 Å². The van der Waals surface area contributed by atoms with Crippen LogP contribution in [0.15, 0.2) is 30.6 Å². The molecular formula is C14H18N4O4. The Balaban J connectivity index is 2.00. The van der Waals surface area contributed by atoms with E-state index in [1.807, 2.05) is 6.20 Å². The number of ether oxygens (including phenoxy) is 2. The molecule has 118 valence electrons. The van der Waals surface area contributed by atoms with Crippen molar-refractivity contribution in [3.63, 3.8) is 0 Å². The Morgan fingerprint density at radius 3 is 2.91 bits per heavy atom. The molecule has 0 saturated heterocycles. The van der Waals surface area contributed by atoms with Gasteiger partial charge in [-0.05, 0) is 11.6 Å². The SMILES string of the molecule is COCCn1cc(NCc2ccc(OC)c([N+](=O)[O-])c2)cn1. The van der Waals surface area contributed by atoms with Crippen molar-refractivity contribution in [3.05, 3.63) is 46.3 Å². The van der Waals surface area contributed by atoms with E-state index in [1.165, 1.54) is 13.2 Å². The van der Waals surface area contributed by atoms with Crippen LogP contribution in [0.5, 0.6) is 5.75 Å². The lowest BCUT2D eigenvalue weighted by Crippen LogP contribution is -2.04. The van der Waals surface area contributed by atoms with Crippen LogP contribution in [0.1, 0.15) is 5.56 Å². The van der Waals surface area contributed by atoms with E-state index in [-0.39, 0.29) is 11.4 Å². The number of hydrogen-bond acceptors (Lipinski definition) is 6. The van der Waals surface area contributed by atoms with E-state index < -0.39 is 4.92 Å². The largest absolute Gasteiger partial charge is 0.490 e. The van der Waals surface area contributed by atoms with E-state index in [1.54, 1.807) is 30.1 Å². The smallest absolute Gasteiger partial charge is 0.311 e. The van der Waals surface area contributed by atoms with Gasteiger partial charge in [-0.3, -0.25) is 14.8 Å². The Hall–Kier alpha value is -2.61. The standard InChI is InChI=1S/C14H18N4O4/c1-21-6-5-17-10-12(9-16-17)15-8-11-3-4-14(22-2)13(7-11)18(19)20/h3-4,7,9-10,15H,5-6,8H2,1-2H3. The lowest BCUT2D eigenvalue weighted by Gasteiger charge is -2.06. The molecule has 0 fully saturated rings. The predicted molar refractivity (Wildman–Crippen MR) is 81.1 cm³/mol. The zero-order valence-corrected chi connectivity index (χ0v) is 12.5. The third-order valence-electron chi connectivity index (χ3n) is 3.09. The highest BCUT2D eigenvalue weighted by molar-refractivity contribution is 5.49. The van der Waals surface area contributed by atoms with E-state index in [0.717, 1.165) is 11.3 Å². The van der Waals surface area contributed by atoms with Crippen LogP contribution in [0.25, 0.3) is 0 Å². The molecule has 0 bridgehead atoms. The molecule has 0 unspecified atom stereocenters. The van der Waals surface area contributed by atoms with Crippen molar-refractivity contribution in [1.29, 1.82) is 0 Å². The van der Waals surface area contributed by atoms with E-state index in [4.69, 9.17) is 9.47 Å². The first-order valence-corrected chi connectivity index (χ1v) is 6.70. The molecule has 0 atom stereocenters. The van der Waals surface area contributed by atoms with Gasteiger partial charge < -0.3 is 14.8 Å². The molecule has 1 aromatic carbocycles. The molecular weight excluding hydrogens is 288 g/mol. The number of methoxy groups -OCH3 is 2. The van der Waals surface area contributed by atoms with Crippen LogP contribution in [0, 0.1) is 10.1 Å². The first kappa shape index (κ1) is 15.8. The average Bonchev–Trinajstić information content (AvgIpc) is 2.98. The maximum absolute atomic E-state index is 11.0. The predicted octanol–water partition coefficient (Wildman–Crippen LogP) is 2.06. The fourth-order valence-corrected chi connectivity index (χ4v) is 1.95. The molecule has 0 aliphatic carbocycles. The summed E-state index contributed by atoms with van der Waals surface area (Å²) in [7, 11) is 3.05. The molecule has 0 radical (unpaired) electrons. The molecule has 1 N–H and O–H groups in total. The van der Waals surface area contributed by atoms with Gasteiger partial charge in [-0.2, -0.15) is 5.10 Å². The zero-order valence-electron chi connectivity index (χ0n) is 12.5. The van der Waals surface area contributed by atoms with Crippen molar-refractivity contribution in [1.82, 2.24) is 9.78 Å². The van der Waals surface area contributed by atoms with Crippen LogP contribution >= 0.6 is 0 Å². The second-order valence-electron chi connectivity index (χ2n) is 4.60. The van der Waals surface area contributed by atoms with E-state index in [9.17, 15) is 10.1 Å². The van der Waals surface area contributed by atoms with Crippen molar-refractivity contribution >= 4 is 11.4 Å². The summed E-state index contributed by atoms with van der Waals surface area (Å²) in [5, 5.41) is 18.3. The molecule has 22 heavy (non-hydrogen) atoms. The summed E-state index contributed by atoms with van der Waals surface area (Å²) < 4.78 is 11.7. The second kappa shape index (κ2) is 7.41. The van der Waals surface area contributed by atoms with E-state index in [0.29, 0.717) is 19.7 Å². The molecule has 0 amide bonds. The number of aromatic nitrogens is 2. The molecule has 0 aliphatic rings. The van der Waals surface area contributed by atoms with Crippen molar-refractivity contribution < 1.29 is 14.4 Å². The van der Waals surface area contributed by atoms with Gasteiger partial charge in [0, 0.05) is 25.9 Å². The van der Waals surface area contributed by atoms with Crippen LogP contribution in [0.3, 0.4) is 0 Å². The third-order valence-corrected chi connectivity index (χ3v) is 3.09. The van der Waals surface area contributed by atoms with Gasteiger partial charge in [0.15, 0.2) is 5.75 Å². The lowest BCUT2D eigenvalue weighted by molar-refractivity contribution is -0.385. The minimum atomic E-state index is -0.453. The van der Waals surface area contributed by atoms with Crippen LogP contribution in [0.4, 0.5) is 11.4 Å². The Kier molecular flexibility index (Phi) is 5.31. The highest BCUT2D eigenvalue weighted by Gasteiger charge is 2.14. The van der Waals surface area contributed by atoms with Gasteiger partial charge in [-0.25, -0.2) is 0 Å². The molecule has 2 rings (SSSR count). The fourth-order valence-electron chi connectivity index (χ4n) is 1.95. The van der Waals surface area contributed by atoms with Crippen LogP contribution in [-0.4, -0.2) is 35.5 Å². The molecule has 0 saturated carbocycles. The van der Waals surface area contributed by atoms with Crippen molar-refractivity contribution in [2.45, 2.75) is 13.1 Å². The number of nitro groups is 1. The topological polar surface area (TPSA) is 91.5 Å². The fraction of sp³-hybridized carbons (Fsp3) is 0.357. The number of nitrogens with zero attached hydrogens (tertiary/aromatic N) is 3. The average molecular weight is 306 g/mol. The number of anilines is 1. The molecule has 1 aromatic heterocycles. The summed E-state index contributed by atoms with van der Waals surface area (Å²) in [6.45, 7) is 1.72. The highest BCUT2D eigenvalue weighted by Crippen LogP contribution is 2.27. The quantitative estimate of drug-likeness (QED) is 0.593. The summed E-state index contributed by atoms with van der Waals surface area (Å²) >= 11 is 0. The minimum absolute atomic E-state index is 0.0439. The number of hydrogen-bond donors (Lipinski definition) is 1. The Morgan fingerprint density at radius 2 is 2.23 bits per heavy atom. The first-order valence-electron chi connectivity index (χ1n) is 6.70. The Labute approximate surface area is 127 Å². The first-order chi connectivity index (χ1) is 10.6. The van der Waals surface area contributed by atoms with E-state index >= 15 is 0 Å². The Bertz CT molecular complexity index is 642. The summed E-state index contributed by atoms with van der Waals surface area (Å²) in [4.78, 5) is 10.5. The van der Waals surface area contributed by atoms with Gasteiger partial charge in [0.05, 0.1) is 37.1 Å². The normalized spacial score (nSPS) is 10.5. The van der Waals surface area contributed by atoms with Gasteiger partial charge >= 0.3 is 5.69 Å². The summed E-state index contributed by atoms with van der Waals surface area (Å²) in [6, 6.07) is 4.88. The maximum Gasteiger partial charge on any atom is 0.311 e. The van der Waals surface area contributed by atoms with Crippen LogP contribution in [0.2, 0.25) is 0 Å². The molecule has 2 aromatic rings. The summed E-state index contributed by atoms with van der Waals surface area (Å²) in [5.74, 6) is 0.251. The molecule has 8 heteroatoms. The van der Waals surface area contributed by atoms with Gasteiger partial charge in [0.1, 0.15) is 0 Å². The number of nitrogens with one attached hydrogen (secondary N) is 1. The summed E-state index contributed by atoms with van der Waals surface area (Å²) in [6.07, 6.45) is 3.56. The number of rotatable bonds is 8. The van der Waals surface area contributed by atoms with Gasteiger partial charge in [0.2, 0.25) is 0 Å². The van der Waals surface area contributed by atoms with Crippen molar-refractivity contribution in [2.24, 2.45) is 0 Å². The monoisotopic (exact) mass is 306 g/mol. The maximum atomic E-state index is 11.0. The lowest BCUT2D eigenvalue weighted by atomic mass is 10.2. The molecule has 8 nitrogen and oxygen atoms in total. The van der Waals surface area contributed by atoms with Crippen LogP contribution < -0.4 is 10.1 Å². The van der Waals surface area contributed by atoms with Crippen LogP contribution in [-0.2, 0) is 17.8 Å². The third kappa shape index (κ3) is 3.95. The number of nitro benzene ring substituents is 1. The molecule has 1 heterocycles. The van der Waals surface area contributed by atoms with Crippen molar-refractivity contribution in [3.8, 4) is 5.75 Å². The zero-order chi connectivity index (χ0) is 15.9. The number of benzene rings is 1. The van der Waals surface area contributed by atoms with Gasteiger partial charge in [-0.15, -0.1) is 0 Å². The summed E-state index contributed by atoms with van der Waals surface area (Å²) in [5.41, 5.74) is 1.59. The highest BCUT2D eigenvalue weighted by atomic mass is 16.6. The van der Waals surface area contributed by atoms with Gasteiger partial charge in [-0.1, -0.05) is 6.07 Å². The molecule has 0 spiro atoms. The minimum Gasteiger partial charge on any atom is -0.490 e. The second-order valence-corrected chi connectivity index (χ2v) is 4.60.